The molecule has 1 aliphatic rings. The van der Waals surface area contributed by atoms with Crippen molar-refractivity contribution in [2.45, 2.75) is 24.9 Å². The lowest BCUT2D eigenvalue weighted by atomic mass is 10.0. The molecule has 5 nitrogen and oxygen atoms in total. The standard InChI is InChI=1S/C24H20F3N3O2/c1-31-17-10-8-16(9-11-17)30-23-21(22(29-30)14-6-7-14)19(24(25,26)27)13-20(28-23)15-4-3-5-18(12-15)32-2/h3-5,8-14H,6-7H2,1-2H3. The summed E-state index contributed by atoms with van der Waals surface area (Å²) < 4.78 is 54.6. The summed E-state index contributed by atoms with van der Waals surface area (Å²) in [5.74, 6) is 1.21. The van der Waals surface area contributed by atoms with Crippen molar-refractivity contribution >= 4 is 11.0 Å². The summed E-state index contributed by atoms with van der Waals surface area (Å²) in [4.78, 5) is 4.66. The highest BCUT2D eigenvalue weighted by atomic mass is 19.4. The Kier molecular flexibility index (Phi) is 4.80. The van der Waals surface area contributed by atoms with E-state index >= 15 is 0 Å². The van der Waals surface area contributed by atoms with E-state index in [2.05, 4.69) is 10.1 Å². The Morgan fingerprint density at radius 3 is 2.28 bits per heavy atom. The Hall–Kier alpha value is -3.55. The van der Waals surface area contributed by atoms with Crippen LogP contribution in [0.15, 0.2) is 54.6 Å². The van der Waals surface area contributed by atoms with Crippen LogP contribution in [0.25, 0.3) is 28.0 Å². The van der Waals surface area contributed by atoms with Gasteiger partial charge in [0.15, 0.2) is 5.65 Å². The van der Waals surface area contributed by atoms with Crippen LogP contribution in [0.5, 0.6) is 11.5 Å². The first kappa shape index (κ1) is 20.4. The van der Waals surface area contributed by atoms with Crippen molar-refractivity contribution in [3.05, 3.63) is 65.9 Å². The second-order valence-corrected chi connectivity index (χ2v) is 7.75. The second-order valence-electron chi connectivity index (χ2n) is 7.75. The van der Waals surface area contributed by atoms with Crippen LogP contribution in [0.2, 0.25) is 0 Å². The molecule has 0 N–H and O–H groups in total. The number of pyridine rings is 1. The number of rotatable bonds is 5. The van der Waals surface area contributed by atoms with Gasteiger partial charge in [-0.05, 0) is 55.3 Å². The van der Waals surface area contributed by atoms with E-state index in [1.165, 1.54) is 11.8 Å². The molecule has 0 bridgehead atoms. The van der Waals surface area contributed by atoms with Crippen LogP contribution in [-0.2, 0) is 6.18 Å². The number of alkyl halides is 3. The van der Waals surface area contributed by atoms with E-state index in [0.29, 0.717) is 28.4 Å². The highest BCUT2D eigenvalue weighted by Gasteiger charge is 2.39. The fraction of sp³-hybridized carbons (Fsp3) is 0.250. The molecule has 0 aliphatic heterocycles. The number of methoxy groups -OCH3 is 2. The minimum atomic E-state index is -4.55. The summed E-state index contributed by atoms with van der Waals surface area (Å²) in [6.45, 7) is 0. The highest BCUT2D eigenvalue weighted by molar-refractivity contribution is 5.88. The molecule has 2 heterocycles. The van der Waals surface area contributed by atoms with Crippen LogP contribution < -0.4 is 9.47 Å². The summed E-state index contributed by atoms with van der Waals surface area (Å²) in [5, 5.41) is 4.68. The van der Waals surface area contributed by atoms with Gasteiger partial charge in [-0.15, -0.1) is 0 Å². The maximum atomic E-state index is 14.2. The number of aromatic nitrogens is 3. The van der Waals surface area contributed by atoms with E-state index in [0.717, 1.165) is 18.9 Å². The predicted octanol–water partition coefficient (Wildman–Crippen LogP) is 6.00. The summed E-state index contributed by atoms with van der Waals surface area (Å²) in [6, 6.07) is 15.0. The molecular formula is C24H20F3N3O2. The summed E-state index contributed by atoms with van der Waals surface area (Å²) in [5.41, 5.74) is 1.28. The van der Waals surface area contributed by atoms with Gasteiger partial charge in [0.25, 0.3) is 0 Å². The van der Waals surface area contributed by atoms with Gasteiger partial charge in [-0.1, -0.05) is 12.1 Å². The van der Waals surface area contributed by atoms with Crippen molar-refractivity contribution < 1.29 is 22.6 Å². The number of ether oxygens (including phenoxy) is 2. The van der Waals surface area contributed by atoms with Crippen molar-refractivity contribution in [1.29, 1.82) is 0 Å². The van der Waals surface area contributed by atoms with Crippen LogP contribution in [0.3, 0.4) is 0 Å². The lowest BCUT2D eigenvalue weighted by molar-refractivity contribution is -0.136. The van der Waals surface area contributed by atoms with Gasteiger partial charge < -0.3 is 9.47 Å². The van der Waals surface area contributed by atoms with Crippen molar-refractivity contribution in [3.63, 3.8) is 0 Å². The molecule has 5 rings (SSSR count). The van der Waals surface area contributed by atoms with Gasteiger partial charge in [0, 0.05) is 11.5 Å². The van der Waals surface area contributed by atoms with Gasteiger partial charge >= 0.3 is 6.18 Å². The second kappa shape index (κ2) is 7.55. The monoisotopic (exact) mass is 439 g/mol. The highest BCUT2D eigenvalue weighted by Crippen LogP contribution is 2.47. The van der Waals surface area contributed by atoms with E-state index in [-0.39, 0.29) is 22.6 Å². The first-order valence-corrected chi connectivity index (χ1v) is 10.2. The molecule has 0 unspecified atom stereocenters. The van der Waals surface area contributed by atoms with E-state index in [1.807, 2.05) is 0 Å². The number of hydrogen-bond acceptors (Lipinski definition) is 4. The van der Waals surface area contributed by atoms with E-state index in [9.17, 15) is 13.2 Å². The molecule has 32 heavy (non-hydrogen) atoms. The van der Waals surface area contributed by atoms with Gasteiger partial charge in [-0.25, -0.2) is 9.67 Å². The van der Waals surface area contributed by atoms with Crippen molar-refractivity contribution in [2.75, 3.05) is 14.2 Å². The summed E-state index contributed by atoms with van der Waals surface area (Å²) >= 11 is 0. The lowest BCUT2D eigenvalue weighted by Crippen LogP contribution is -2.08. The molecule has 164 valence electrons. The molecule has 1 aliphatic carbocycles. The molecule has 0 radical (unpaired) electrons. The number of hydrogen-bond donors (Lipinski definition) is 0. The summed E-state index contributed by atoms with van der Waals surface area (Å²) in [6.07, 6.45) is -2.90. The zero-order valence-corrected chi connectivity index (χ0v) is 17.5. The van der Waals surface area contributed by atoms with Crippen molar-refractivity contribution in [3.8, 4) is 28.4 Å². The molecule has 2 aromatic heterocycles. The van der Waals surface area contributed by atoms with Gasteiger partial charge in [0.05, 0.1) is 42.2 Å². The average Bonchev–Trinajstić information content (AvgIpc) is 3.58. The van der Waals surface area contributed by atoms with E-state index in [4.69, 9.17) is 9.47 Å². The van der Waals surface area contributed by atoms with Crippen LogP contribution in [0.4, 0.5) is 13.2 Å². The lowest BCUT2D eigenvalue weighted by Gasteiger charge is -2.12. The van der Waals surface area contributed by atoms with Crippen LogP contribution in [0.1, 0.15) is 30.0 Å². The first-order chi connectivity index (χ1) is 15.4. The summed E-state index contributed by atoms with van der Waals surface area (Å²) in [7, 11) is 3.07. The third-order valence-electron chi connectivity index (χ3n) is 5.62. The van der Waals surface area contributed by atoms with E-state index < -0.39 is 11.7 Å². The van der Waals surface area contributed by atoms with Crippen LogP contribution in [0, 0.1) is 0 Å². The van der Waals surface area contributed by atoms with Crippen LogP contribution in [-0.4, -0.2) is 29.0 Å². The predicted molar refractivity (Wildman–Crippen MR) is 114 cm³/mol. The fourth-order valence-corrected chi connectivity index (χ4v) is 3.84. The molecule has 0 spiro atoms. The fourth-order valence-electron chi connectivity index (χ4n) is 3.84. The number of nitrogens with zero attached hydrogens (tertiary/aromatic N) is 3. The topological polar surface area (TPSA) is 49.2 Å². The Bertz CT molecular complexity index is 1290. The molecule has 2 aromatic carbocycles. The van der Waals surface area contributed by atoms with Crippen LogP contribution >= 0.6 is 0 Å². The molecule has 4 aromatic rings. The normalized spacial score (nSPS) is 14.0. The molecule has 1 saturated carbocycles. The quantitative estimate of drug-likeness (QED) is 0.383. The average molecular weight is 439 g/mol. The SMILES string of the molecule is COc1ccc(-n2nc(C3CC3)c3c(C(F)(F)F)cc(-c4cccc(OC)c4)nc32)cc1. The minimum Gasteiger partial charge on any atom is -0.497 e. The Morgan fingerprint density at radius 2 is 1.66 bits per heavy atom. The Labute approximate surface area is 182 Å². The number of fused-ring (bicyclic) bond motifs is 1. The molecular weight excluding hydrogens is 419 g/mol. The third kappa shape index (κ3) is 3.55. The largest absolute Gasteiger partial charge is 0.497 e. The maximum Gasteiger partial charge on any atom is 0.417 e. The first-order valence-electron chi connectivity index (χ1n) is 10.2. The zero-order valence-electron chi connectivity index (χ0n) is 17.5. The van der Waals surface area contributed by atoms with Gasteiger partial charge in [0.2, 0.25) is 0 Å². The Balaban J connectivity index is 1.80. The van der Waals surface area contributed by atoms with Crippen molar-refractivity contribution in [1.82, 2.24) is 14.8 Å². The maximum absolute atomic E-state index is 14.2. The molecule has 0 atom stereocenters. The Morgan fingerprint density at radius 1 is 0.938 bits per heavy atom. The zero-order chi connectivity index (χ0) is 22.5. The third-order valence-corrected chi connectivity index (χ3v) is 5.62. The van der Waals surface area contributed by atoms with Gasteiger partial charge in [-0.3, -0.25) is 0 Å². The van der Waals surface area contributed by atoms with Gasteiger partial charge in [0.1, 0.15) is 11.5 Å². The molecule has 0 saturated heterocycles. The number of halogens is 3. The van der Waals surface area contributed by atoms with E-state index in [1.54, 1.807) is 55.6 Å². The molecule has 8 heteroatoms. The number of benzene rings is 2. The van der Waals surface area contributed by atoms with Crippen molar-refractivity contribution in [2.24, 2.45) is 0 Å². The minimum absolute atomic E-state index is 0.0163. The molecule has 0 amide bonds. The molecule has 1 fully saturated rings. The van der Waals surface area contributed by atoms with Gasteiger partial charge in [-0.2, -0.15) is 18.3 Å². The smallest absolute Gasteiger partial charge is 0.417 e.